The molecule has 0 amide bonds. The largest absolute Gasteiger partial charge is 0.479 e. The molecule has 0 bridgehead atoms. The summed E-state index contributed by atoms with van der Waals surface area (Å²) in [6, 6.07) is 3.56. The summed E-state index contributed by atoms with van der Waals surface area (Å²) in [5, 5.41) is 0. The summed E-state index contributed by atoms with van der Waals surface area (Å²) in [7, 11) is 1.33. The van der Waals surface area contributed by atoms with Gasteiger partial charge in [0.15, 0.2) is 19.0 Å². The van der Waals surface area contributed by atoms with Gasteiger partial charge in [-0.25, -0.2) is 4.84 Å². The number of morpholine rings is 1. The molecule has 0 spiro atoms. The molecule has 2 aliphatic heterocycles. The van der Waals surface area contributed by atoms with Crippen molar-refractivity contribution in [1.29, 1.82) is 0 Å². The van der Waals surface area contributed by atoms with E-state index in [9.17, 15) is 9.70 Å². The molecule has 0 N–H and O–H groups in total. The minimum absolute atomic E-state index is 0.418. The maximum atomic E-state index is 12.0. The molecule has 1 aromatic carbocycles. The van der Waals surface area contributed by atoms with E-state index in [-0.39, 0.29) is 0 Å². The lowest BCUT2D eigenvalue weighted by atomic mass is 10.0. The van der Waals surface area contributed by atoms with Crippen LogP contribution in [0, 0.1) is 4.91 Å². The first-order chi connectivity index (χ1) is 10.6. The lowest BCUT2D eigenvalue weighted by Crippen LogP contribution is -2.36. The van der Waals surface area contributed by atoms with Crippen LogP contribution < -0.4 is 9.64 Å². The number of hydrogen-bond acceptors (Lipinski definition) is 6. The van der Waals surface area contributed by atoms with Crippen molar-refractivity contribution < 1.29 is 24.0 Å². The number of carbonyl (C=O) groups excluding carboxylic acids is 1. The van der Waals surface area contributed by atoms with Crippen molar-refractivity contribution in [1.82, 2.24) is 0 Å². The van der Waals surface area contributed by atoms with Crippen LogP contribution in [0.5, 0.6) is 5.75 Å². The first-order valence-electron chi connectivity index (χ1n) is 7.22. The highest BCUT2D eigenvalue weighted by atomic mass is 16.8. The second-order valence-electron chi connectivity index (χ2n) is 5.70. The van der Waals surface area contributed by atoms with Crippen LogP contribution in [0.1, 0.15) is 12.5 Å². The Morgan fingerprint density at radius 3 is 2.73 bits per heavy atom. The summed E-state index contributed by atoms with van der Waals surface area (Å²) in [6.07, 6.45) is 1.24. The van der Waals surface area contributed by atoms with Gasteiger partial charge in [0, 0.05) is 37.2 Å². The number of rotatable bonds is 4. The van der Waals surface area contributed by atoms with Gasteiger partial charge in [-0.2, -0.15) is 0 Å². The summed E-state index contributed by atoms with van der Waals surface area (Å²) >= 11 is 0. The Bertz CT molecular complexity index is 612. The van der Waals surface area contributed by atoms with E-state index in [2.05, 4.69) is 4.90 Å². The van der Waals surface area contributed by atoms with Crippen molar-refractivity contribution in [2.45, 2.75) is 18.9 Å². The topological polar surface area (TPSA) is 68.1 Å². The molecule has 118 valence electrons. The van der Waals surface area contributed by atoms with Crippen molar-refractivity contribution in [3.05, 3.63) is 22.6 Å². The number of ether oxygens (including phenoxy) is 2. The SMILES string of the molecule is CO[N+](=O)c1cc2c(cc1N1CCOCC1)OC(C)(C=O)C2. The number of benzene rings is 1. The number of anilines is 1. The van der Waals surface area contributed by atoms with Crippen molar-refractivity contribution in [3.8, 4) is 5.75 Å². The van der Waals surface area contributed by atoms with Crippen molar-refractivity contribution in [2.75, 3.05) is 38.3 Å². The predicted molar refractivity (Wildman–Crippen MR) is 78.6 cm³/mol. The highest BCUT2D eigenvalue weighted by molar-refractivity contribution is 5.72. The summed E-state index contributed by atoms with van der Waals surface area (Å²) in [4.78, 5) is 30.6. The molecule has 7 heteroatoms. The molecule has 7 nitrogen and oxygen atoms in total. The monoisotopic (exact) mass is 307 g/mol. The van der Waals surface area contributed by atoms with Gasteiger partial charge in [0.25, 0.3) is 4.92 Å². The van der Waals surface area contributed by atoms with Gasteiger partial charge in [0.05, 0.1) is 18.1 Å². The normalized spacial score (nSPS) is 23.6. The quantitative estimate of drug-likeness (QED) is 0.618. The maximum absolute atomic E-state index is 12.0. The zero-order chi connectivity index (χ0) is 15.7. The molecule has 0 aliphatic carbocycles. The highest BCUT2D eigenvalue weighted by Crippen LogP contribution is 2.42. The van der Waals surface area contributed by atoms with Gasteiger partial charge in [-0.3, -0.25) is 4.79 Å². The lowest BCUT2D eigenvalue weighted by molar-refractivity contribution is -0.736. The Kier molecular flexibility index (Phi) is 3.74. The van der Waals surface area contributed by atoms with E-state index in [0.717, 1.165) is 17.5 Å². The summed E-state index contributed by atoms with van der Waals surface area (Å²) in [5.41, 5.74) is 1.11. The predicted octanol–water partition coefficient (Wildman–Crippen LogP) is 1.39. The smallest absolute Gasteiger partial charge is 0.340 e. The van der Waals surface area contributed by atoms with Gasteiger partial charge in [0.2, 0.25) is 0 Å². The van der Waals surface area contributed by atoms with Crippen LogP contribution in [-0.4, -0.2) is 50.2 Å². The molecule has 1 saturated heterocycles. The van der Waals surface area contributed by atoms with Crippen LogP contribution in [0.2, 0.25) is 0 Å². The van der Waals surface area contributed by atoms with Gasteiger partial charge < -0.3 is 14.4 Å². The van der Waals surface area contributed by atoms with Crippen LogP contribution in [-0.2, 0) is 20.8 Å². The Hall–Kier alpha value is -2.15. The Morgan fingerprint density at radius 2 is 2.09 bits per heavy atom. The van der Waals surface area contributed by atoms with Gasteiger partial charge in [-0.15, -0.1) is 0 Å². The molecule has 0 aromatic heterocycles. The fourth-order valence-electron chi connectivity index (χ4n) is 2.87. The molecule has 1 atom stereocenters. The zero-order valence-electron chi connectivity index (χ0n) is 12.7. The zero-order valence-corrected chi connectivity index (χ0v) is 12.7. The van der Waals surface area contributed by atoms with Gasteiger partial charge >= 0.3 is 5.69 Å². The third-order valence-electron chi connectivity index (χ3n) is 4.01. The molecule has 1 aromatic rings. The molecule has 2 aliphatic rings. The Morgan fingerprint density at radius 1 is 1.36 bits per heavy atom. The van der Waals surface area contributed by atoms with E-state index < -0.39 is 5.60 Å². The molecule has 22 heavy (non-hydrogen) atoms. The van der Waals surface area contributed by atoms with E-state index in [1.807, 2.05) is 6.07 Å². The molecular formula is C15H19N2O5+. The average molecular weight is 307 g/mol. The van der Waals surface area contributed by atoms with E-state index in [1.165, 1.54) is 7.11 Å². The molecule has 0 saturated carbocycles. The average Bonchev–Trinajstić information content (AvgIpc) is 2.89. The third kappa shape index (κ3) is 2.52. The van der Waals surface area contributed by atoms with E-state index >= 15 is 0 Å². The highest BCUT2D eigenvalue weighted by Gasteiger charge is 2.38. The number of nitrogens with zero attached hydrogens (tertiary/aromatic N) is 2. The van der Waals surface area contributed by atoms with Crippen LogP contribution in [0.4, 0.5) is 11.4 Å². The second-order valence-corrected chi connectivity index (χ2v) is 5.70. The molecule has 3 rings (SSSR count). The Labute approximate surface area is 128 Å². The van der Waals surface area contributed by atoms with Crippen LogP contribution in [0.15, 0.2) is 12.1 Å². The summed E-state index contributed by atoms with van der Waals surface area (Å²) in [5.74, 6) is 0.643. The minimum atomic E-state index is -0.871. The van der Waals surface area contributed by atoms with Crippen molar-refractivity contribution >= 4 is 17.7 Å². The van der Waals surface area contributed by atoms with Gasteiger partial charge in [-0.1, -0.05) is 0 Å². The summed E-state index contributed by atoms with van der Waals surface area (Å²) < 4.78 is 11.1. The van der Waals surface area contributed by atoms with E-state index in [1.54, 1.807) is 13.0 Å². The van der Waals surface area contributed by atoms with E-state index in [4.69, 9.17) is 14.3 Å². The molecule has 1 unspecified atom stereocenters. The lowest BCUT2D eigenvalue weighted by Gasteiger charge is -2.28. The summed E-state index contributed by atoms with van der Waals surface area (Å²) in [6.45, 7) is 4.33. The van der Waals surface area contributed by atoms with Crippen LogP contribution in [0.3, 0.4) is 0 Å². The number of aldehydes is 1. The van der Waals surface area contributed by atoms with E-state index in [0.29, 0.717) is 49.1 Å². The van der Waals surface area contributed by atoms with Crippen molar-refractivity contribution in [3.63, 3.8) is 0 Å². The number of hydrogen-bond donors (Lipinski definition) is 0. The molecule has 1 fully saturated rings. The number of carbonyl (C=O) groups is 1. The maximum Gasteiger partial charge on any atom is 0.340 e. The van der Waals surface area contributed by atoms with Gasteiger partial charge in [-0.05, 0) is 6.92 Å². The first kappa shape index (κ1) is 14.8. The standard InChI is InChI=1S/C15H19N2O5/c1-15(10-18)9-11-7-13(17(19)20-2)12(8-14(11)22-15)16-3-5-21-6-4-16/h7-8,10H,3-6,9H2,1-2H3/q+1. The molecule has 2 heterocycles. The van der Waals surface area contributed by atoms with Crippen LogP contribution >= 0.6 is 0 Å². The van der Waals surface area contributed by atoms with Crippen molar-refractivity contribution in [2.24, 2.45) is 0 Å². The van der Waals surface area contributed by atoms with Gasteiger partial charge in [0.1, 0.15) is 11.4 Å². The Balaban J connectivity index is 2.03. The minimum Gasteiger partial charge on any atom is -0.479 e. The number of fused-ring (bicyclic) bond motifs is 1. The fraction of sp³-hybridized carbons (Fsp3) is 0.533. The fourth-order valence-corrected chi connectivity index (χ4v) is 2.87. The molecular weight excluding hydrogens is 288 g/mol. The third-order valence-corrected chi connectivity index (χ3v) is 4.01. The molecule has 0 radical (unpaired) electrons. The second kappa shape index (κ2) is 5.57. The first-order valence-corrected chi connectivity index (χ1v) is 7.22. The van der Waals surface area contributed by atoms with Crippen LogP contribution in [0.25, 0.3) is 0 Å².